The van der Waals surface area contributed by atoms with Gasteiger partial charge in [-0.25, -0.2) is 4.79 Å². The van der Waals surface area contributed by atoms with Crippen LogP contribution in [0.15, 0.2) is 48.0 Å². The molecule has 0 spiro atoms. The molecular weight excluding hydrogens is 447 g/mol. The lowest BCUT2D eigenvalue weighted by molar-refractivity contribution is -0.148. The van der Waals surface area contributed by atoms with Crippen molar-refractivity contribution in [3.05, 3.63) is 64.2 Å². The lowest BCUT2D eigenvalue weighted by Crippen LogP contribution is -2.30. The van der Waals surface area contributed by atoms with Crippen molar-refractivity contribution in [1.29, 1.82) is 5.26 Å². The highest BCUT2D eigenvalue weighted by molar-refractivity contribution is 6.33. The van der Waals surface area contributed by atoms with Crippen LogP contribution in [0.25, 0.3) is 6.08 Å². The van der Waals surface area contributed by atoms with Gasteiger partial charge in [0.2, 0.25) is 0 Å². The Labute approximate surface area is 187 Å². The monoisotopic (exact) mass is 465 g/mol. The fourth-order valence-electron chi connectivity index (χ4n) is 2.48. The van der Waals surface area contributed by atoms with Crippen molar-refractivity contribution in [2.45, 2.75) is 19.2 Å². The van der Waals surface area contributed by atoms with E-state index >= 15 is 0 Å². The van der Waals surface area contributed by atoms with E-state index in [4.69, 9.17) is 16.3 Å². The summed E-state index contributed by atoms with van der Waals surface area (Å²) < 4.78 is 43.6. The van der Waals surface area contributed by atoms with E-state index in [1.54, 1.807) is 30.3 Å². The minimum atomic E-state index is -4.63. The number of nitrogens with one attached hydrogen (secondary N) is 1. The molecule has 32 heavy (non-hydrogen) atoms. The molecule has 6 nitrogen and oxygen atoms in total. The average molecular weight is 466 g/mol. The highest BCUT2D eigenvalue weighted by atomic mass is 35.5. The van der Waals surface area contributed by atoms with Gasteiger partial charge in [0.25, 0.3) is 5.91 Å². The molecule has 2 rings (SSSR count). The van der Waals surface area contributed by atoms with Crippen molar-refractivity contribution in [2.24, 2.45) is 0 Å². The normalized spacial score (nSPS) is 12.5. The van der Waals surface area contributed by atoms with E-state index in [1.807, 2.05) is 19.0 Å². The number of esters is 1. The maximum atomic E-state index is 12.9. The molecule has 10 heteroatoms. The number of carbonyl (C=O) groups excluding carboxylic acids is 2. The first-order valence-electron chi connectivity index (χ1n) is 9.20. The molecule has 1 N–H and O–H groups in total. The van der Waals surface area contributed by atoms with Gasteiger partial charge in [0.05, 0.1) is 16.3 Å². The summed E-state index contributed by atoms with van der Waals surface area (Å²) in [6.45, 7) is 1.22. The van der Waals surface area contributed by atoms with Crippen LogP contribution in [0.5, 0.6) is 0 Å². The third-order valence-corrected chi connectivity index (χ3v) is 4.60. The van der Waals surface area contributed by atoms with E-state index < -0.39 is 29.7 Å². The number of rotatable bonds is 6. The number of ether oxygens (including phenoxy) is 1. The van der Waals surface area contributed by atoms with Gasteiger partial charge in [-0.2, -0.15) is 18.4 Å². The molecule has 0 aromatic heterocycles. The summed E-state index contributed by atoms with van der Waals surface area (Å²) in [5.74, 6) is -1.96. The first-order valence-corrected chi connectivity index (χ1v) is 9.58. The van der Waals surface area contributed by atoms with Crippen LogP contribution in [-0.2, 0) is 20.5 Å². The molecule has 1 amide bonds. The Kier molecular flexibility index (Phi) is 7.89. The van der Waals surface area contributed by atoms with Gasteiger partial charge in [0.1, 0.15) is 11.6 Å². The zero-order chi connectivity index (χ0) is 24.1. The molecule has 1 atom stereocenters. The zero-order valence-electron chi connectivity index (χ0n) is 17.3. The summed E-state index contributed by atoms with van der Waals surface area (Å²) >= 11 is 5.85. The fraction of sp³-hybridized carbons (Fsp3) is 0.227. The molecular formula is C22H19ClF3N3O3. The van der Waals surface area contributed by atoms with Crippen molar-refractivity contribution in [3.63, 3.8) is 0 Å². The van der Waals surface area contributed by atoms with Crippen molar-refractivity contribution in [3.8, 4) is 6.07 Å². The highest BCUT2D eigenvalue weighted by Crippen LogP contribution is 2.33. The van der Waals surface area contributed by atoms with Crippen LogP contribution in [0, 0.1) is 11.3 Å². The molecule has 2 aromatic rings. The fourth-order valence-corrected chi connectivity index (χ4v) is 2.65. The Bertz CT molecular complexity index is 1070. The Morgan fingerprint density at radius 1 is 1.19 bits per heavy atom. The number of nitrogens with zero attached hydrogens (tertiary/aromatic N) is 2. The molecule has 0 radical (unpaired) electrons. The SMILES string of the molecule is C[C@H](OC(=O)/C(C#N)=C/c1ccc(N(C)C)cc1)C(=O)Nc1cc(C(F)(F)F)ccc1Cl. The largest absolute Gasteiger partial charge is 0.448 e. The maximum absolute atomic E-state index is 12.9. The van der Waals surface area contributed by atoms with Crippen molar-refractivity contribution >= 4 is 40.9 Å². The molecule has 0 bridgehead atoms. The van der Waals surface area contributed by atoms with Crippen LogP contribution in [0.2, 0.25) is 5.02 Å². The van der Waals surface area contributed by atoms with Crippen LogP contribution in [0.4, 0.5) is 24.5 Å². The second-order valence-electron chi connectivity index (χ2n) is 6.88. The standard InChI is InChI=1S/C22H19ClF3N3O3/c1-13(20(30)28-19-11-16(22(24,25)26)6-9-18(19)23)32-21(31)15(12-27)10-14-4-7-17(8-5-14)29(2)3/h4-11,13H,1-3H3,(H,28,30)/b15-10+/t13-/m0/s1. The minimum absolute atomic E-state index is 0.122. The second-order valence-corrected chi connectivity index (χ2v) is 7.29. The number of hydrogen-bond donors (Lipinski definition) is 1. The number of halogens is 4. The van der Waals surface area contributed by atoms with E-state index in [0.717, 1.165) is 17.8 Å². The van der Waals surface area contributed by atoms with Gasteiger partial charge in [-0.15, -0.1) is 0 Å². The molecule has 0 fully saturated rings. The first-order chi connectivity index (χ1) is 14.9. The van der Waals surface area contributed by atoms with E-state index in [2.05, 4.69) is 5.32 Å². The summed E-state index contributed by atoms with van der Waals surface area (Å²) in [5, 5.41) is 11.4. The third kappa shape index (κ3) is 6.49. The molecule has 0 saturated heterocycles. The number of amides is 1. The topological polar surface area (TPSA) is 82.4 Å². The van der Waals surface area contributed by atoms with Crippen LogP contribution >= 0.6 is 11.6 Å². The molecule has 0 aliphatic rings. The molecule has 2 aromatic carbocycles. The van der Waals surface area contributed by atoms with Gasteiger partial charge in [-0.05, 0) is 48.9 Å². The number of benzene rings is 2. The maximum Gasteiger partial charge on any atom is 0.416 e. The lowest BCUT2D eigenvalue weighted by Gasteiger charge is -2.15. The number of alkyl halides is 3. The highest BCUT2D eigenvalue weighted by Gasteiger charge is 2.31. The first kappa shape index (κ1) is 24.8. The van der Waals surface area contributed by atoms with Crippen LogP contribution in [0.3, 0.4) is 0 Å². The molecule has 168 valence electrons. The van der Waals surface area contributed by atoms with E-state index in [0.29, 0.717) is 11.6 Å². The van der Waals surface area contributed by atoms with Crippen LogP contribution in [0.1, 0.15) is 18.1 Å². The molecule has 0 unspecified atom stereocenters. The van der Waals surface area contributed by atoms with Crippen LogP contribution < -0.4 is 10.2 Å². The van der Waals surface area contributed by atoms with Gasteiger partial charge >= 0.3 is 12.1 Å². The summed E-state index contributed by atoms with van der Waals surface area (Å²) in [7, 11) is 3.73. The summed E-state index contributed by atoms with van der Waals surface area (Å²) in [6, 6.07) is 11.1. The molecule has 0 aliphatic carbocycles. The number of hydrogen-bond acceptors (Lipinski definition) is 5. The smallest absolute Gasteiger partial charge is 0.416 e. The van der Waals surface area contributed by atoms with Crippen molar-refractivity contribution < 1.29 is 27.5 Å². The second kappa shape index (κ2) is 10.2. The summed E-state index contributed by atoms with van der Waals surface area (Å²) in [6.07, 6.45) is -4.73. The van der Waals surface area contributed by atoms with Crippen LogP contribution in [-0.4, -0.2) is 32.1 Å². The average Bonchev–Trinajstić information content (AvgIpc) is 2.72. The van der Waals surface area contributed by atoms with Gasteiger partial charge in [-0.3, -0.25) is 4.79 Å². The van der Waals surface area contributed by atoms with Gasteiger partial charge in [0.15, 0.2) is 6.10 Å². The van der Waals surface area contributed by atoms with Crippen molar-refractivity contribution in [1.82, 2.24) is 0 Å². The summed E-state index contributed by atoms with van der Waals surface area (Å²) in [4.78, 5) is 26.5. The zero-order valence-corrected chi connectivity index (χ0v) is 18.1. The predicted molar refractivity (Wildman–Crippen MR) is 115 cm³/mol. The number of nitriles is 1. The Morgan fingerprint density at radius 3 is 2.34 bits per heavy atom. The Morgan fingerprint density at radius 2 is 1.81 bits per heavy atom. The van der Waals surface area contributed by atoms with E-state index in [9.17, 15) is 28.0 Å². The van der Waals surface area contributed by atoms with Crippen molar-refractivity contribution in [2.75, 3.05) is 24.3 Å². The van der Waals surface area contributed by atoms with Gasteiger partial charge in [0, 0.05) is 19.8 Å². The molecule has 0 saturated carbocycles. The number of anilines is 2. The predicted octanol–water partition coefficient (Wildman–Crippen LogP) is 4.90. The number of carbonyl (C=O) groups is 2. The molecule has 0 heterocycles. The minimum Gasteiger partial charge on any atom is -0.448 e. The molecule has 0 aliphatic heterocycles. The Balaban J connectivity index is 2.10. The summed E-state index contributed by atoms with van der Waals surface area (Å²) in [5.41, 5.74) is -0.152. The van der Waals surface area contributed by atoms with Gasteiger partial charge < -0.3 is 15.0 Å². The lowest BCUT2D eigenvalue weighted by atomic mass is 10.1. The third-order valence-electron chi connectivity index (χ3n) is 4.27. The Hall–Kier alpha value is -3.51. The van der Waals surface area contributed by atoms with E-state index in [-0.39, 0.29) is 16.3 Å². The quantitative estimate of drug-likeness (QED) is 0.372. The van der Waals surface area contributed by atoms with E-state index in [1.165, 1.54) is 13.0 Å². The van der Waals surface area contributed by atoms with Gasteiger partial charge in [-0.1, -0.05) is 23.7 Å².